The van der Waals surface area contributed by atoms with Crippen LogP contribution in [0.3, 0.4) is 0 Å². The summed E-state index contributed by atoms with van der Waals surface area (Å²) in [7, 11) is 0. The van der Waals surface area contributed by atoms with Gasteiger partial charge in [0.1, 0.15) is 0 Å². The molecule has 0 bridgehead atoms. The van der Waals surface area contributed by atoms with Crippen LogP contribution < -0.4 is 0 Å². The lowest BCUT2D eigenvalue weighted by Crippen LogP contribution is -2.41. The zero-order valence-corrected chi connectivity index (χ0v) is 9.95. The van der Waals surface area contributed by atoms with Gasteiger partial charge < -0.3 is 10.2 Å². The van der Waals surface area contributed by atoms with E-state index in [2.05, 4.69) is 13.8 Å². The number of fused-ring (bicyclic) bond motifs is 1. The summed E-state index contributed by atoms with van der Waals surface area (Å²) in [6, 6.07) is 0. The van der Waals surface area contributed by atoms with Crippen LogP contribution in [0, 0.1) is 23.2 Å². The monoisotopic (exact) mass is 212 g/mol. The lowest BCUT2D eigenvalue weighted by Gasteiger charge is -2.45. The molecule has 2 fully saturated rings. The Morgan fingerprint density at radius 3 is 2.73 bits per heavy atom. The van der Waals surface area contributed by atoms with E-state index in [4.69, 9.17) is 0 Å². The van der Waals surface area contributed by atoms with Gasteiger partial charge in [0, 0.05) is 6.61 Å². The first-order chi connectivity index (χ1) is 7.09. The average Bonchev–Trinajstić information content (AvgIpc) is 2.56. The van der Waals surface area contributed by atoms with Crippen molar-refractivity contribution in [2.75, 3.05) is 6.61 Å². The summed E-state index contributed by atoms with van der Waals surface area (Å²) < 4.78 is 0. The number of aliphatic hydroxyl groups is 2. The van der Waals surface area contributed by atoms with Crippen molar-refractivity contribution in [1.82, 2.24) is 0 Å². The fourth-order valence-corrected chi connectivity index (χ4v) is 4.25. The van der Waals surface area contributed by atoms with Crippen molar-refractivity contribution in [1.29, 1.82) is 0 Å². The second-order valence-electron chi connectivity index (χ2n) is 5.92. The maximum atomic E-state index is 10.1. The van der Waals surface area contributed by atoms with Gasteiger partial charge in [-0.3, -0.25) is 0 Å². The van der Waals surface area contributed by atoms with E-state index in [0.29, 0.717) is 29.8 Å². The first kappa shape index (κ1) is 11.4. The highest BCUT2D eigenvalue weighted by Gasteiger charge is 2.51. The Labute approximate surface area is 92.7 Å². The Morgan fingerprint density at radius 2 is 2.07 bits per heavy atom. The molecule has 0 aromatic heterocycles. The molecule has 2 saturated carbocycles. The molecule has 88 valence electrons. The molecule has 0 radical (unpaired) electrons. The third-order valence-electron chi connectivity index (χ3n) is 5.14. The minimum atomic E-state index is -0.0837. The van der Waals surface area contributed by atoms with Gasteiger partial charge in [0.2, 0.25) is 0 Å². The number of aliphatic hydroxyl groups excluding tert-OH is 2. The van der Waals surface area contributed by atoms with Crippen molar-refractivity contribution in [3.63, 3.8) is 0 Å². The molecule has 0 aromatic carbocycles. The Morgan fingerprint density at radius 1 is 1.33 bits per heavy atom. The van der Waals surface area contributed by atoms with E-state index in [1.54, 1.807) is 0 Å². The van der Waals surface area contributed by atoms with Gasteiger partial charge in [0.05, 0.1) is 6.10 Å². The van der Waals surface area contributed by atoms with Crippen molar-refractivity contribution in [2.24, 2.45) is 23.2 Å². The Balaban J connectivity index is 2.17. The Bertz CT molecular complexity index is 229. The van der Waals surface area contributed by atoms with E-state index in [0.717, 1.165) is 19.3 Å². The second kappa shape index (κ2) is 4.06. The van der Waals surface area contributed by atoms with Gasteiger partial charge in [-0.2, -0.15) is 0 Å². The molecule has 0 saturated heterocycles. The zero-order valence-electron chi connectivity index (χ0n) is 9.95. The van der Waals surface area contributed by atoms with Crippen molar-refractivity contribution in [3.05, 3.63) is 0 Å². The van der Waals surface area contributed by atoms with Crippen LogP contribution in [0.2, 0.25) is 0 Å². The van der Waals surface area contributed by atoms with E-state index < -0.39 is 0 Å². The van der Waals surface area contributed by atoms with E-state index in [-0.39, 0.29) is 6.10 Å². The fraction of sp³-hybridized carbons (Fsp3) is 1.00. The van der Waals surface area contributed by atoms with Gasteiger partial charge in [0.25, 0.3) is 0 Å². The molecule has 2 aliphatic rings. The van der Waals surface area contributed by atoms with E-state index >= 15 is 0 Å². The summed E-state index contributed by atoms with van der Waals surface area (Å²) in [4.78, 5) is 0. The smallest absolute Gasteiger partial charge is 0.0573 e. The minimum absolute atomic E-state index is 0.0837. The summed E-state index contributed by atoms with van der Waals surface area (Å²) in [6.45, 7) is 4.78. The molecule has 0 spiro atoms. The molecule has 15 heavy (non-hydrogen) atoms. The second-order valence-corrected chi connectivity index (χ2v) is 5.92. The first-order valence-corrected chi connectivity index (χ1v) is 6.38. The van der Waals surface area contributed by atoms with Gasteiger partial charge >= 0.3 is 0 Å². The predicted octanol–water partition coefficient (Wildman–Crippen LogP) is 2.19. The molecule has 0 unspecified atom stereocenters. The van der Waals surface area contributed by atoms with Crippen LogP contribution in [-0.2, 0) is 0 Å². The topological polar surface area (TPSA) is 40.5 Å². The maximum Gasteiger partial charge on any atom is 0.0573 e. The third kappa shape index (κ3) is 1.72. The van der Waals surface area contributed by atoms with Gasteiger partial charge in [0.15, 0.2) is 0 Å². The standard InChI is InChI=1S/C13H24O2/c1-9(8-14)10-5-6-11-12(15)4-3-7-13(10,11)2/h9-12,14-15H,3-8H2,1-2H3/t9-,10-,11+,12+,13-/m0/s1. The molecule has 2 N–H and O–H groups in total. The maximum absolute atomic E-state index is 10.1. The lowest BCUT2D eigenvalue weighted by atomic mass is 9.62. The number of rotatable bonds is 2. The summed E-state index contributed by atoms with van der Waals surface area (Å²) in [5.41, 5.74) is 0.291. The van der Waals surface area contributed by atoms with Crippen molar-refractivity contribution < 1.29 is 10.2 Å². The van der Waals surface area contributed by atoms with Crippen molar-refractivity contribution >= 4 is 0 Å². The molecular formula is C13H24O2. The van der Waals surface area contributed by atoms with Crippen LogP contribution in [-0.4, -0.2) is 22.9 Å². The quantitative estimate of drug-likeness (QED) is 0.736. The molecule has 2 nitrogen and oxygen atoms in total. The Hall–Kier alpha value is -0.0800. The zero-order chi connectivity index (χ0) is 11.1. The highest BCUT2D eigenvalue weighted by Crippen LogP contribution is 2.57. The van der Waals surface area contributed by atoms with Crippen LogP contribution in [0.15, 0.2) is 0 Å². The molecule has 5 atom stereocenters. The molecule has 0 aromatic rings. The largest absolute Gasteiger partial charge is 0.396 e. The third-order valence-corrected chi connectivity index (χ3v) is 5.14. The van der Waals surface area contributed by atoms with Crippen molar-refractivity contribution in [2.45, 2.75) is 52.1 Å². The lowest BCUT2D eigenvalue weighted by molar-refractivity contribution is -0.0321. The summed E-state index contributed by atoms with van der Waals surface area (Å²) in [5, 5.41) is 19.4. The minimum Gasteiger partial charge on any atom is -0.396 e. The van der Waals surface area contributed by atoms with E-state index in [1.807, 2.05) is 0 Å². The van der Waals surface area contributed by atoms with Gasteiger partial charge in [-0.05, 0) is 48.9 Å². The highest BCUT2D eigenvalue weighted by atomic mass is 16.3. The number of hydrogen-bond acceptors (Lipinski definition) is 2. The summed E-state index contributed by atoms with van der Waals surface area (Å²) in [6.07, 6.45) is 5.65. The molecule has 2 aliphatic carbocycles. The van der Waals surface area contributed by atoms with Gasteiger partial charge in [-0.15, -0.1) is 0 Å². The Kier molecular flexibility index (Phi) is 3.09. The predicted molar refractivity (Wildman–Crippen MR) is 60.4 cm³/mol. The van der Waals surface area contributed by atoms with Gasteiger partial charge in [-0.1, -0.05) is 20.3 Å². The average molecular weight is 212 g/mol. The normalized spacial score (nSPS) is 47.6. The molecule has 0 aliphatic heterocycles. The molecule has 0 heterocycles. The van der Waals surface area contributed by atoms with Crippen LogP contribution in [0.5, 0.6) is 0 Å². The van der Waals surface area contributed by atoms with Crippen molar-refractivity contribution in [3.8, 4) is 0 Å². The fourth-order valence-electron chi connectivity index (χ4n) is 4.25. The van der Waals surface area contributed by atoms with Crippen LogP contribution >= 0.6 is 0 Å². The van der Waals surface area contributed by atoms with Crippen LogP contribution in [0.25, 0.3) is 0 Å². The van der Waals surface area contributed by atoms with Crippen LogP contribution in [0.4, 0.5) is 0 Å². The van der Waals surface area contributed by atoms with E-state index in [1.165, 1.54) is 12.8 Å². The molecular weight excluding hydrogens is 188 g/mol. The van der Waals surface area contributed by atoms with Gasteiger partial charge in [-0.25, -0.2) is 0 Å². The SMILES string of the molecule is C[C@@H](CO)[C@@H]1CC[C@@H]2[C@H](O)CCC[C@]21C. The van der Waals surface area contributed by atoms with E-state index in [9.17, 15) is 10.2 Å². The van der Waals surface area contributed by atoms with Crippen LogP contribution in [0.1, 0.15) is 46.0 Å². The molecule has 2 rings (SSSR count). The highest BCUT2D eigenvalue weighted by molar-refractivity contribution is 5.01. The summed E-state index contributed by atoms with van der Waals surface area (Å²) >= 11 is 0. The first-order valence-electron chi connectivity index (χ1n) is 6.38. The summed E-state index contributed by atoms with van der Waals surface area (Å²) in [5.74, 6) is 1.50. The molecule has 2 heteroatoms. The number of hydrogen-bond donors (Lipinski definition) is 2. The molecule has 0 amide bonds.